The fourth-order valence-electron chi connectivity index (χ4n) is 2.19. The molecular weight excluding hydrogens is 288 g/mol. The number of nitrogens with zero attached hydrogens (tertiary/aromatic N) is 2. The first kappa shape index (κ1) is 15.4. The summed E-state index contributed by atoms with van der Waals surface area (Å²) in [6.45, 7) is 4.25. The van der Waals surface area contributed by atoms with Gasteiger partial charge in [0.1, 0.15) is 0 Å². The van der Waals surface area contributed by atoms with Crippen molar-refractivity contribution in [1.29, 1.82) is 0 Å². The monoisotopic (exact) mass is 306 g/mol. The molecule has 2 amide bonds. The van der Waals surface area contributed by atoms with Crippen molar-refractivity contribution in [2.45, 2.75) is 26.4 Å². The van der Waals surface area contributed by atoms with Crippen LogP contribution in [0.25, 0.3) is 0 Å². The molecule has 0 bridgehead atoms. The zero-order valence-corrected chi connectivity index (χ0v) is 13.1. The highest BCUT2D eigenvalue weighted by atomic mass is 35.5. The predicted molar refractivity (Wildman–Crippen MR) is 83.2 cm³/mol. The van der Waals surface area contributed by atoms with Crippen LogP contribution in [0.5, 0.6) is 0 Å². The van der Waals surface area contributed by atoms with Gasteiger partial charge in [0.2, 0.25) is 0 Å². The van der Waals surface area contributed by atoms with Gasteiger partial charge in [-0.2, -0.15) is 5.10 Å². The maximum absolute atomic E-state index is 11.9. The fraction of sp³-hybridized carbons (Fsp3) is 0.333. The van der Waals surface area contributed by atoms with Gasteiger partial charge in [-0.25, -0.2) is 4.79 Å². The third kappa shape index (κ3) is 3.98. The molecule has 112 valence electrons. The van der Waals surface area contributed by atoms with Crippen LogP contribution in [0.3, 0.4) is 0 Å². The van der Waals surface area contributed by atoms with Gasteiger partial charge in [0, 0.05) is 30.4 Å². The van der Waals surface area contributed by atoms with E-state index < -0.39 is 0 Å². The zero-order valence-electron chi connectivity index (χ0n) is 12.4. The van der Waals surface area contributed by atoms with Crippen LogP contribution in [0, 0.1) is 6.92 Å². The molecule has 2 rings (SSSR count). The van der Waals surface area contributed by atoms with Crippen LogP contribution < -0.4 is 10.6 Å². The number of carbonyl (C=O) groups excluding carboxylic acids is 1. The number of halogens is 1. The van der Waals surface area contributed by atoms with Crippen LogP contribution in [0.4, 0.5) is 4.79 Å². The zero-order chi connectivity index (χ0) is 15.4. The van der Waals surface area contributed by atoms with E-state index in [1.54, 1.807) is 10.7 Å². The number of hydrogen-bond acceptors (Lipinski definition) is 2. The van der Waals surface area contributed by atoms with Crippen LogP contribution in [0.15, 0.2) is 30.5 Å². The lowest BCUT2D eigenvalue weighted by atomic mass is 10.1. The molecule has 1 aromatic carbocycles. The quantitative estimate of drug-likeness (QED) is 0.912. The standard InChI is InChI=1S/C15H19ClN4O/c1-10(13-9-20(3)19-11(13)2)18-15(21)17-8-12-6-4-5-7-14(12)16/h4-7,9-10H,8H2,1-3H3,(H2,17,18,21). The summed E-state index contributed by atoms with van der Waals surface area (Å²) in [5, 5.41) is 10.6. The summed E-state index contributed by atoms with van der Waals surface area (Å²) < 4.78 is 1.74. The van der Waals surface area contributed by atoms with Gasteiger partial charge in [-0.1, -0.05) is 29.8 Å². The van der Waals surface area contributed by atoms with Crippen molar-refractivity contribution in [2.75, 3.05) is 0 Å². The third-order valence-electron chi connectivity index (χ3n) is 3.26. The van der Waals surface area contributed by atoms with E-state index in [0.29, 0.717) is 11.6 Å². The number of carbonyl (C=O) groups is 1. The van der Waals surface area contributed by atoms with Gasteiger partial charge >= 0.3 is 6.03 Å². The number of nitrogens with one attached hydrogen (secondary N) is 2. The lowest BCUT2D eigenvalue weighted by molar-refractivity contribution is 0.237. The number of amides is 2. The number of hydrogen-bond donors (Lipinski definition) is 2. The summed E-state index contributed by atoms with van der Waals surface area (Å²) in [5.41, 5.74) is 2.81. The fourth-order valence-corrected chi connectivity index (χ4v) is 2.39. The molecule has 0 aliphatic carbocycles. The van der Waals surface area contributed by atoms with Crippen molar-refractivity contribution in [3.05, 3.63) is 52.3 Å². The van der Waals surface area contributed by atoms with Gasteiger partial charge in [0.05, 0.1) is 11.7 Å². The van der Waals surface area contributed by atoms with E-state index in [-0.39, 0.29) is 12.1 Å². The van der Waals surface area contributed by atoms with Crippen LogP contribution in [-0.4, -0.2) is 15.8 Å². The lowest BCUT2D eigenvalue weighted by Crippen LogP contribution is -2.36. The van der Waals surface area contributed by atoms with Gasteiger partial charge < -0.3 is 10.6 Å². The maximum Gasteiger partial charge on any atom is 0.315 e. The van der Waals surface area contributed by atoms with Crippen molar-refractivity contribution in [2.24, 2.45) is 7.05 Å². The van der Waals surface area contributed by atoms with Gasteiger partial charge in [-0.3, -0.25) is 4.68 Å². The van der Waals surface area contributed by atoms with Crippen LogP contribution in [-0.2, 0) is 13.6 Å². The highest BCUT2D eigenvalue weighted by Gasteiger charge is 2.14. The van der Waals surface area contributed by atoms with Gasteiger partial charge in [-0.15, -0.1) is 0 Å². The first-order valence-corrected chi connectivity index (χ1v) is 7.13. The Hall–Kier alpha value is -2.01. The van der Waals surface area contributed by atoms with Gasteiger partial charge in [0.15, 0.2) is 0 Å². The molecule has 0 saturated carbocycles. The van der Waals surface area contributed by atoms with Crippen molar-refractivity contribution >= 4 is 17.6 Å². The molecule has 2 aromatic rings. The maximum atomic E-state index is 11.9. The first-order valence-electron chi connectivity index (χ1n) is 6.75. The summed E-state index contributed by atoms with van der Waals surface area (Å²) in [4.78, 5) is 11.9. The minimum absolute atomic E-state index is 0.107. The molecule has 0 saturated heterocycles. The second kappa shape index (κ2) is 6.63. The summed E-state index contributed by atoms with van der Waals surface area (Å²) in [6, 6.07) is 7.10. The number of aromatic nitrogens is 2. The average Bonchev–Trinajstić information content (AvgIpc) is 2.77. The second-order valence-corrected chi connectivity index (χ2v) is 5.39. The van der Waals surface area contributed by atoms with E-state index in [2.05, 4.69) is 15.7 Å². The number of urea groups is 1. The van der Waals surface area contributed by atoms with E-state index in [4.69, 9.17) is 11.6 Å². The molecule has 0 aliphatic rings. The van der Waals surface area contributed by atoms with E-state index in [1.165, 1.54) is 0 Å². The molecule has 0 fully saturated rings. The minimum Gasteiger partial charge on any atom is -0.334 e. The van der Waals surface area contributed by atoms with E-state index >= 15 is 0 Å². The molecule has 21 heavy (non-hydrogen) atoms. The number of rotatable bonds is 4. The molecule has 5 nitrogen and oxygen atoms in total. The normalized spacial score (nSPS) is 12.0. The molecular formula is C15H19ClN4O. The van der Waals surface area contributed by atoms with Crippen LogP contribution >= 0.6 is 11.6 Å². The molecule has 2 N–H and O–H groups in total. The molecule has 1 aromatic heterocycles. The smallest absolute Gasteiger partial charge is 0.315 e. The molecule has 0 radical (unpaired) electrons. The summed E-state index contributed by atoms with van der Waals surface area (Å²) in [5.74, 6) is 0. The highest BCUT2D eigenvalue weighted by molar-refractivity contribution is 6.31. The number of benzene rings is 1. The van der Waals surface area contributed by atoms with Crippen LogP contribution in [0.2, 0.25) is 5.02 Å². The molecule has 0 spiro atoms. The van der Waals surface area contributed by atoms with E-state index in [0.717, 1.165) is 16.8 Å². The summed E-state index contributed by atoms with van der Waals surface area (Å²) >= 11 is 6.05. The first-order chi connectivity index (χ1) is 9.97. The highest BCUT2D eigenvalue weighted by Crippen LogP contribution is 2.16. The van der Waals surface area contributed by atoms with Gasteiger partial charge in [-0.05, 0) is 25.5 Å². The predicted octanol–water partition coefficient (Wildman–Crippen LogP) is 2.94. The average molecular weight is 307 g/mol. The van der Waals surface area contributed by atoms with Gasteiger partial charge in [0.25, 0.3) is 0 Å². The topological polar surface area (TPSA) is 59.0 Å². The summed E-state index contributed by atoms with van der Waals surface area (Å²) in [6.07, 6.45) is 1.91. The molecule has 1 unspecified atom stereocenters. The van der Waals surface area contributed by atoms with Crippen molar-refractivity contribution in [3.63, 3.8) is 0 Å². The van der Waals surface area contributed by atoms with Crippen molar-refractivity contribution in [3.8, 4) is 0 Å². The lowest BCUT2D eigenvalue weighted by Gasteiger charge is -2.14. The van der Waals surface area contributed by atoms with E-state index in [1.807, 2.05) is 45.3 Å². The largest absolute Gasteiger partial charge is 0.334 e. The Kier molecular flexibility index (Phi) is 4.85. The number of aryl methyl sites for hydroxylation is 2. The second-order valence-electron chi connectivity index (χ2n) is 4.98. The molecule has 0 aliphatic heterocycles. The third-order valence-corrected chi connectivity index (χ3v) is 3.63. The molecule has 1 atom stereocenters. The Bertz CT molecular complexity index is 638. The Morgan fingerprint density at radius 3 is 2.76 bits per heavy atom. The SMILES string of the molecule is Cc1nn(C)cc1C(C)NC(=O)NCc1ccccc1Cl. The minimum atomic E-state index is -0.231. The van der Waals surface area contributed by atoms with Crippen molar-refractivity contribution < 1.29 is 4.79 Å². The molecule has 1 heterocycles. The Morgan fingerprint density at radius 2 is 2.14 bits per heavy atom. The Balaban J connectivity index is 1.90. The van der Waals surface area contributed by atoms with E-state index in [9.17, 15) is 4.79 Å². The molecule has 6 heteroatoms. The summed E-state index contributed by atoms with van der Waals surface area (Å²) in [7, 11) is 1.86. The van der Waals surface area contributed by atoms with Crippen molar-refractivity contribution in [1.82, 2.24) is 20.4 Å². The Labute approximate surface area is 129 Å². The van der Waals surface area contributed by atoms with Crippen LogP contribution in [0.1, 0.15) is 29.8 Å². The Morgan fingerprint density at radius 1 is 1.43 bits per heavy atom.